The number of carboxylic acid groups (broad SMARTS) is 1. The second-order valence-electron chi connectivity index (χ2n) is 1.22. The molecule has 0 aliphatic carbocycles. The summed E-state index contributed by atoms with van der Waals surface area (Å²) in [4.78, 5) is 9.14. The average molecular weight is 150 g/mol. The molecule has 0 aromatic carbocycles. The van der Waals surface area contributed by atoms with Gasteiger partial charge in [-0.1, -0.05) is 19.6 Å². The number of carbonyl (C=O) groups excluding carboxylic acids is 1. The number of allylic oxidation sites excluding steroid dienone is 1. The Morgan fingerprint density at radius 3 is 1.80 bits per heavy atom. The summed E-state index contributed by atoms with van der Waals surface area (Å²) in [5, 5.41) is 9.14. The van der Waals surface area contributed by atoms with Crippen LogP contribution in [0.25, 0.3) is 0 Å². The standard InChI is InChI=1S/C4H8.C3H4O2.Na/c1-3-4-2;1-2-3(4)5;/h3H,1,4H2,2H3;2H,1H2,(H,4,5);/q;;+1/p-1. The fourth-order valence-corrected chi connectivity index (χ4v) is 0. The molecule has 0 saturated heterocycles. The van der Waals surface area contributed by atoms with E-state index < -0.39 is 5.97 Å². The van der Waals surface area contributed by atoms with Crippen molar-refractivity contribution in [3.63, 3.8) is 0 Å². The SMILES string of the molecule is C=CC(=O)[O-].C=CCC.[Na+]. The monoisotopic (exact) mass is 150 g/mol. The van der Waals surface area contributed by atoms with Gasteiger partial charge >= 0.3 is 29.6 Å². The minimum atomic E-state index is -1.23. The fraction of sp³-hybridized carbons (Fsp3) is 0.286. The Balaban J connectivity index is -0.0000000910. The number of hydrogen-bond donors (Lipinski definition) is 0. The number of carboxylic acids is 1. The van der Waals surface area contributed by atoms with Gasteiger partial charge in [0, 0.05) is 0 Å². The second kappa shape index (κ2) is 16.0. The first-order chi connectivity index (χ1) is 4.18. The molecule has 0 radical (unpaired) electrons. The van der Waals surface area contributed by atoms with Crippen LogP contribution in [-0.2, 0) is 4.79 Å². The van der Waals surface area contributed by atoms with Crippen molar-refractivity contribution in [2.24, 2.45) is 0 Å². The van der Waals surface area contributed by atoms with Crippen molar-refractivity contribution in [2.45, 2.75) is 13.3 Å². The van der Waals surface area contributed by atoms with Crippen LogP contribution in [0.4, 0.5) is 0 Å². The smallest absolute Gasteiger partial charge is 0.545 e. The molecule has 0 spiro atoms. The van der Waals surface area contributed by atoms with Gasteiger partial charge in [0.25, 0.3) is 0 Å². The molecular weight excluding hydrogens is 139 g/mol. The van der Waals surface area contributed by atoms with E-state index >= 15 is 0 Å². The molecule has 0 unspecified atom stereocenters. The van der Waals surface area contributed by atoms with Crippen LogP contribution in [0.3, 0.4) is 0 Å². The van der Waals surface area contributed by atoms with E-state index in [-0.39, 0.29) is 29.6 Å². The molecule has 0 fully saturated rings. The quantitative estimate of drug-likeness (QED) is 0.248. The van der Waals surface area contributed by atoms with Crippen LogP contribution in [0.5, 0.6) is 0 Å². The molecule has 0 N–H and O–H groups in total. The molecule has 0 rings (SSSR count). The molecule has 0 aromatic heterocycles. The van der Waals surface area contributed by atoms with Gasteiger partial charge in [-0.3, -0.25) is 0 Å². The molecule has 0 atom stereocenters. The summed E-state index contributed by atoms with van der Waals surface area (Å²) in [6, 6.07) is 0. The summed E-state index contributed by atoms with van der Waals surface area (Å²) in [7, 11) is 0. The molecule has 0 heterocycles. The maximum atomic E-state index is 9.14. The molecule has 0 amide bonds. The van der Waals surface area contributed by atoms with E-state index in [0.717, 1.165) is 12.5 Å². The first-order valence-corrected chi connectivity index (χ1v) is 2.63. The maximum absolute atomic E-state index is 9.14. The van der Waals surface area contributed by atoms with E-state index in [1.54, 1.807) is 0 Å². The van der Waals surface area contributed by atoms with Crippen LogP contribution in [0, 0.1) is 0 Å². The first kappa shape index (κ1) is 16.5. The Labute approximate surface area is 83.9 Å². The van der Waals surface area contributed by atoms with E-state index in [1.807, 2.05) is 6.08 Å². The van der Waals surface area contributed by atoms with Gasteiger partial charge in [0.05, 0.1) is 5.97 Å². The van der Waals surface area contributed by atoms with Crippen molar-refractivity contribution >= 4 is 5.97 Å². The third-order valence-corrected chi connectivity index (χ3v) is 0.455. The van der Waals surface area contributed by atoms with Crippen molar-refractivity contribution in [1.82, 2.24) is 0 Å². The molecule has 52 valence electrons. The van der Waals surface area contributed by atoms with Crippen LogP contribution in [0.1, 0.15) is 13.3 Å². The maximum Gasteiger partial charge on any atom is 1.00 e. The Morgan fingerprint density at radius 1 is 1.60 bits per heavy atom. The Morgan fingerprint density at radius 2 is 1.80 bits per heavy atom. The normalized spacial score (nSPS) is 5.70. The van der Waals surface area contributed by atoms with Gasteiger partial charge in [0.1, 0.15) is 0 Å². The van der Waals surface area contributed by atoms with Gasteiger partial charge in [-0.05, 0) is 12.5 Å². The fourth-order valence-electron chi connectivity index (χ4n) is 0. The molecule has 0 aromatic rings. The van der Waals surface area contributed by atoms with Crippen molar-refractivity contribution in [3.8, 4) is 0 Å². The van der Waals surface area contributed by atoms with Crippen LogP contribution in [0.15, 0.2) is 25.3 Å². The summed E-state index contributed by atoms with van der Waals surface area (Å²) in [5.41, 5.74) is 0. The summed E-state index contributed by atoms with van der Waals surface area (Å²) in [5.74, 6) is -1.23. The van der Waals surface area contributed by atoms with Crippen LogP contribution >= 0.6 is 0 Å². The zero-order valence-electron chi connectivity index (χ0n) is 6.59. The Bertz CT molecular complexity index is 99.8. The minimum Gasteiger partial charge on any atom is -0.545 e. The van der Waals surface area contributed by atoms with Crippen molar-refractivity contribution in [1.29, 1.82) is 0 Å². The molecule has 0 aliphatic heterocycles. The first-order valence-electron chi connectivity index (χ1n) is 2.63. The summed E-state index contributed by atoms with van der Waals surface area (Å²) >= 11 is 0. The zero-order valence-corrected chi connectivity index (χ0v) is 8.59. The molecular formula is C7H11NaO2. The molecule has 10 heavy (non-hydrogen) atoms. The van der Waals surface area contributed by atoms with Crippen LogP contribution in [0.2, 0.25) is 0 Å². The van der Waals surface area contributed by atoms with Crippen LogP contribution in [-0.4, -0.2) is 5.97 Å². The molecule has 2 nitrogen and oxygen atoms in total. The summed E-state index contributed by atoms with van der Waals surface area (Å²) in [6.07, 6.45) is 3.68. The van der Waals surface area contributed by atoms with Gasteiger partial charge in [0.2, 0.25) is 0 Å². The Hall–Kier alpha value is -0.0500. The predicted molar refractivity (Wildman–Crippen MR) is 35.7 cm³/mol. The molecule has 0 bridgehead atoms. The predicted octanol–water partition coefficient (Wildman–Crippen LogP) is -2.49. The number of aliphatic carboxylic acids is 1. The summed E-state index contributed by atoms with van der Waals surface area (Å²) < 4.78 is 0. The van der Waals surface area contributed by atoms with Crippen molar-refractivity contribution in [3.05, 3.63) is 25.3 Å². The number of rotatable bonds is 2. The van der Waals surface area contributed by atoms with E-state index in [9.17, 15) is 0 Å². The van der Waals surface area contributed by atoms with Gasteiger partial charge in [-0.25, -0.2) is 0 Å². The van der Waals surface area contributed by atoms with E-state index in [4.69, 9.17) is 9.90 Å². The Kier molecular flexibility index (Phi) is 26.4. The zero-order chi connectivity index (χ0) is 7.70. The number of hydrogen-bond acceptors (Lipinski definition) is 2. The minimum absolute atomic E-state index is 0. The third kappa shape index (κ3) is 44.1. The molecule has 3 heteroatoms. The average Bonchev–Trinajstić information content (AvgIpc) is 1.89. The van der Waals surface area contributed by atoms with Gasteiger partial charge < -0.3 is 9.90 Å². The molecule has 0 saturated carbocycles. The molecule has 0 aliphatic rings. The van der Waals surface area contributed by atoms with E-state index in [1.165, 1.54) is 0 Å². The van der Waals surface area contributed by atoms with Gasteiger partial charge in [-0.15, -0.1) is 6.58 Å². The third-order valence-electron chi connectivity index (χ3n) is 0.455. The van der Waals surface area contributed by atoms with E-state index in [2.05, 4.69) is 20.1 Å². The second-order valence-corrected chi connectivity index (χ2v) is 1.22. The largest absolute Gasteiger partial charge is 1.00 e. The van der Waals surface area contributed by atoms with Crippen molar-refractivity contribution < 1.29 is 39.5 Å². The van der Waals surface area contributed by atoms with Gasteiger partial charge in [0.15, 0.2) is 0 Å². The summed E-state index contributed by atoms with van der Waals surface area (Å²) in [6.45, 7) is 8.44. The van der Waals surface area contributed by atoms with Gasteiger partial charge in [-0.2, -0.15) is 0 Å². The topological polar surface area (TPSA) is 40.1 Å². The number of carbonyl (C=O) groups is 1. The van der Waals surface area contributed by atoms with Crippen LogP contribution < -0.4 is 34.7 Å². The van der Waals surface area contributed by atoms with E-state index in [0.29, 0.717) is 0 Å². The van der Waals surface area contributed by atoms with Crippen molar-refractivity contribution in [2.75, 3.05) is 0 Å².